The fraction of sp³-hybridized carbons (Fsp3) is 0.184. The molecule has 271 valence electrons. The first-order valence-electron chi connectivity index (χ1n) is 21.0. The second-order valence-electron chi connectivity index (χ2n) is 14.1. The van der Waals surface area contributed by atoms with Crippen LogP contribution in [-0.4, -0.2) is 14.5 Å². The van der Waals surface area contributed by atoms with Crippen molar-refractivity contribution >= 4 is 53.3 Å². The zero-order valence-corrected chi connectivity index (χ0v) is 34.0. The monoisotopic (exact) mass is 904 g/mol. The molecule has 0 saturated heterocycles. The molecule has 3 nitrogen and oxygen atoms in total. The minimum absolute atomic E-state index is 0. The Bertz CT molecular complexity index is 2970. The largest absolute Gasteiger partial charge is 0.333 e. The molecule has 0 N–H and O–H groups in total. The molecule has 0 spiro atoms. The smallest absolute Gasteiger partial charge is 0.0774 e. The molecule has 0 amide bonds. The van der Waals surface area contributed by atoms with Crippen molar-refractivity contribution in [3.63, 3.8) is 0 Å². The van der Waals surface area contributed by atoms with Crippen LogP contribution in [0.5, 0.6) is 0 Å². The number of rotatable bonds is 5. The molecule has 9 aromatic rings. The SMILES string of the molecule is Cc1cc(C(C)C)c(-n2c(-c3[c-]cccc3)nc3ccccc32)c(C(C)C)c1.[2H]C([2H])([2H])c1cnc(-c2[c-]ccc3c2sc2cc4ccccc4cc23)cc1C([2H])([2H])[2H].[Ir]. The normalized spacial score (nSPS) is 13.5. The summed E-state index contributed by atoms with van der Waals surface area (Å²) in [4.78, 5) is 9.34. The van der Waals surface area contributed by atoms with Crippen molar-refractivity contribution in [1.82, 2.24) is 14.5 Å². The first-order valence-corrected chi connectivity index (χ1v) is 18.8. The molecule has 0 atom stereocenters. The van der Waals surface area contributed by atoms with Crippen molar-refractivity contribution in [1.29, 1.82) is 0 Å². The van der Waals surface area contributed by atoms with Crippen LogP contribution in [0.4, 0.5) is 0 Å². The number of benzene rings is 6. The first-order chi connectivity index (χ1) is 28.1. The summed E-state index contributed by atoms with van der Waals surface area (Å²) in [6, 6.07) is 45.4. The fourth-order valence-electron chi connectivity index (χ4n) is 7.15. The van der Waals surface area contributed by atoms with Gasteiger partial charge in [0.25, 0.3) is 0 Å². The van der Waals surface area contributed by atoms with E-state index in [0.29, 0.717) is 23.1 Å². The topological polar surface area (TPSA) is 30.7 Å². The van der Waals surface area contributed by atoms with Crippen molar-refractivity contribution in [3.05, 3.63) is 161 Å². The summed E-state index contributed by atoms with van der Waals surface area (Å²) in [5.74, 6) is 1.79. The third-order valence-electron chi connectivity index (χ3n) is 9.75. The van der Waals surface area contributed by atoms with Crippen LogP contribution in [0, 0.1) is 32.8 Å². The van der Waals surface area contributed by atoms with Crippen LogP contribution in [-0.2, 0) is 20.1 Å². The molecule has 54 heavy (non-hydrogen) atoms. The van der Waals surface area contributed by atoms with Gasteiger partial charge in [-0.2, -0.15) is 11.3 Å². The summed E-state index contributed by atoms with van der Waals surface area (Å²) < 4.78 is 51.0. The molecule has 0 aliphatic rings. The molecule has 0 saturated carbocycles. The van der Waals surface area contributed by atoms with Crippen LogP contribution in [0.2, 0.25) is 0 Å². The quantitative estimate of drug-likeness (QED) is 0.161. The Labute approximate surface area is 344 Å². The average molecular weight is 904 g/mol. The number of nitrogens with zero attached hydrogens (tertiary/aromatic N) is 3. The molecule has 1 radical (unpaired) electrons. The maximum atomic E-state index is 7.83. The van der Waals surface area contributed by atoms with Gasteiger partial charge in [-0.15, -0.1) is 59.7 Å². The molecular weight excluding hydrogens is 855 g/mol. The molecule has 0 bridgehead atoms. The summed E-state index contributed by atoms with van der Waals surface area (Å²) in [6.45, 7) is 6.17. The summed E-state index contributed by atoms with van der Waals surface area (Å²) >= 11 is 1.60. The number of imidazole rings is 1. The summed E-state index contributed by atoms with van der Waals surface area (Å²) in [6.07, 6.45) is 1.17. The molecule has 0 aliphatic heterocycles. The van der Waals surface area contributed by atoms with Gasteiger partial charge in [0.15, 0.2) is 0 Å². The number of pyridine rings is 1. The first kappa shape index (κ1) is 30.4. The van der Waals surface area contributed by atoms with Crippen molar-refractivity contribution < 1.29 is 28.3 Å². The molecule has 5 heteroatoms. The van der Waals surface area contributed by atoms with E-state index in [1.165, 1.54) is 34.6 Å². The Kier molecular flexibility index (Phi) is 8.69. The fourth-order valence-corrected chi connectivity index (χ4v) is 8.39. The molecule has 0 aliphatic carbocycles. The van der Waals surface area contributed by atoms with Gasteiger partial charge >= 0.3 is 0 Å². The Morgan fingerprint density at radius 3 is 2.13 bits per heavy atom. The van der Waals surface area contributed by atoms with E-state index in [0.717, 1.165) is 53.4 Å². The van der Waals surface area contributed by atoms with Crippen LogP contribution in [0.3, 0.4) is 0 Å². The van der Waals surface area contributed by atoms with Crippen LogP contribution in [0.1, 0.15) is 75.6 Å². The average Bonchev–Trinajstić information content (AvgIpc) is 3.77. The summed E-state index contributed by atoms with van der Waals surface area (Å²) in [5.41, 5.74) is 9.12. The van der Waals surface area contributed by atoms with Crippen LogP contribution in [0.25, 0.3) is 70.3 Å². The third kappa shape index (κ3) is 6.93. The van der Waals surface area contributed by atoms with E-state index in [4.69, 9.17) is 13.2 Å². The van der Waals surface area contributed by atoms with Gasteiger partial charge in [-0.1, -0.05) is 98.8 Å². The van der Waals surface area contributed by atoms with E-state index in [2.05, 4.69) is 129 Å². The number of aryl methyl sites for hydroxylation is 3. The maximum absolute atomic E-state index is 7.83. The number of hydrogen-bond donors (Lipinski definition) is 0. The number of para-hydroxylation sites is 2. The van der Waals surface area contributed by atoms with Crippen molar-refractivity contribution in [2.45, 2.75) is 60.2 Å². The third-order valence-corrected chi connectivity index (χ3v) is 10.9. The van der Waals surface area contributed by atoms with E-state index in [1.807, 2.05) is 30.3 Å². The predicted octanol–water partition coefficient (Wildman–Crippen LogP) is 13.7. The number of fused-ring (bicyclic) bond motifs is 5. The second kappa shape index (κ2) is 15.4. The van der Waals surface area contributed by atoms with Gasteiger partial charge in [0.1, 0.15) is 0 Å². The van der Waals surface area contributed by atoms with E-state index >= 15 is 0 Å². The predicted molar refractivity (Wildman–Crippen MR) is 227 cm³/mol. The summed E-state index contributed by atoms with van der Waals surface area (Å²) in [5, 5.41) is 4.45. The Balaban J connectivity index is 0.000000179. The standard InChI is InChI=1S/C26H27N2.C23H16NS.Ir/c1-17(2)21-15-19(5)16-22(18(3)4)25(21)28-24-14-10-9-13-23(24)27-26(28)20-11-7-6-8-12-20;1-14-10-21(24-13-15(14)2)19-9-5-8-18-20-11-16-6-3-4-7-17(16)12-22(20)25-23(18)19;/h6-11,13-18H,1-5H3;3-8,10-13H,1-2H3;/q2*-1;/i;1D3,2D3;. The van der Waals surface area contributed by atoms with Gasteiger partial charge in [0.2, 0.25) is 0 Å². The molecule has 0 fully saturated rings. The molecular formula is C49H43IrN3S-2. The van der Waals surface area contributed by atoms with Gasteiger partial charge in [0.05, 0.1) is 16.9 Å². The van der Waals surface area contributed by atoms with E-state index in [-0.39, 0.29) is 31.2 Å². The van der Waals surface area contributed by atoms with E-state index in [1.54, 1.807) is 17.4 Å². The van der Waals surface area contributed by atoms with Crippen LogP contribution in [0.15, 0.2) is 121 Å². The zero-order chi connectivity index (χ0) is 41.8. The van der Waals surface area contributed by atoms with E-state index in [9.17, 15) is 0 Å². The van der Waals surface area contributed by atoms with Crippen molar-refractivity contribution in [2.75, 3.05) is 0 Å². The van der Waals surface area contributed by atoms with Gasteiger partial charge in [-0.05, 0) is 100.0 Å². The van der Waals surface area contributed by atoms with Gasteiger partial charge in [0, 0.05) is 44.9 Å². The number of aromatic nitrogens is 3. The van der Waals surface area contributed by atoms with Crippen molar-refractivity contribution in [2.24, 2.45) is 0 Å². The maximum Gasteiger partial charge on any atom is 0.0774 e. The Morgan fingerprint density at radius 2 is 1.43 bits per heavy atom. The van der Waals surface area contributed by atoms with Gasteiger partial charge in [-0.3, -0.25) is 4.98 Å². The Hall–Kier alpha value is -4.93. The van der Waals surface area contributed by atoms with Gasteiger partial charge < -0.3 is 9.55 Å². The minimum atomic E-state index is -2.56. The van der Waals surface area contributed by atoms with Gasteiger partial charge in [-0.25, -0.2) is 0 Å². The molecule has 6 aromatic carbocycles. The number of thiophene rings is 1. The minimum Gasteiger partial charge on any atom is -0.333 e. The van der Waals surface area contributed by atoms with Crippen LogP contribution >= 0.6 is 11.3 Å². The molecule has 0 unspecified atom stereocenters. The van der Waals surface area contributed by atoms with Crippen molar-refractivity contribution in [3.8, 4) is 28.3 Å². The Morgan fingerprint density at radius 1 is 0.722 bits per heavy atom. The molecule has 9 rings (SSSR count). The van der Waals surface area contributed by atoms with E-state index < -0.39 is 13.7 Å². The van der Waals surface area contributed by atoms with Crippen LogP contribution < -0.4 is 0 Å². The second-order valence-corrected chi connectivity index (χ2v) is 15.2. The number of hydrogen-bond acceptors (Lipinski definition) is 3. The summed E-state index contributed by atoms with van der Waals surface area (Å²) in [7, 11) is 0. The zero-order valence-electron chi connectivity index (χ0n) is 36.8. The molecule has 3 heterocycles. The molecule has 3 aromatic heterocycles.